The van der Waals surface area contributed by atoms with Crippen molar-refractivity contribution in [3.63, 3.8) is 0 Å². The van der Waals surface area contributed by atoms with E-state index < -0.39 is 0 Å². The molecule has 6 nitrogen and oxygen atoms in total. The Balaban J connectivity index is 1.25. The van der Waals surface area contributed by atoms with Crippen LogP contribution < -0.4 is 0 Å². The second kappa shape index (κ2) is 7.53. The Hall–Kier alpha value is -2.28. The number of rotatable bonds is 5. The molecule has 2 aromatic rings. The molecule has 4 rings (SSSR count). The van der Waals surface area contributed by atoms with Crippen molar-refractivity contribution < 1.29 is 14.0 Å². The van der Waals surface area contributed by atoms with E-state index in [-0.39, 0.29) is 17.7 Å². The molecular weight excluding hydrogens is 350 g/mol. The summed E-state index contributed by atoms with van der Waals surface area (Å²) in [5, 5.41) is 0.500. The van der Waals surface area contributed by atoms with Gasteiger partial charge in [-0.25, -0.2) is 4.98 Å². The maximum atomic E-state index is 12.4. The van der Waals surface area contributed by atoms with Gasteiger partial charge in [0.05, 0.1) is 11.9 Å². The van der Waals surface area contributed by atoms with Gasteiger partial charge in [-0.3, -0.25) is 9.59 Å². The first-order chi connectivity index (χ1) is 12.7. The van der Waals surface area contributed by atoms with Crippen LogP contribution in [0.3, 0.4) is 0 Å². The molecule has 7 heteroatoms. The highest BCUT2D eigenvalue weighted by Gasteiger charge is 2.35. The van der Waals surface area contributed by atoms with Crippen molar-refractivity contribution in [2.24, 2.45) is 5.92 Å². The molecule has 0 bridgehead atoms. The van der Waals surface area contributed by atoms with Crippen LogP contribution in [-0.4, -0.2) is 58.5 Å². The molecule has 0 spiro atoms. The van der Waals surface area contributed by atoms with Gasteiger partial charge in [0, 0.05) is 37.7 Å². The van der Waals surface area contributed by atoms with Gasteiger partial charge in [0.25, 0.3) is 5.22 Å². The number of amides is 2. The van der Waals surface area contributed by atoms with Crippen LogP contribution in [0, 0.1) is 5.92 Å². The SMILES string of the molecule is O=C(CSc1ncc(-c2ccccc2)o1)N1CCN(C(=O)C2CC2)CC1. The summed E-state index contributed by atoms with van der Waals surface area (Å²) in [6.07, 6.45) is 3.73. The maximum absolute atomic E-state index is 12.4. The van der Waals surface area contributed by atoms with Gasteiger partial charge in [0.1, 0.15) is 0 Å². The van der Waals surface area contributed by atoms with Crippen LogP contribution in [0.2, 0.25) is 0 Å². The van der Waals surface area contributed by atoms with E-state index in [4.69, 9.17) is 4.42 Å². The fourth-order valence-corrected chi connectivity index (χ4v) is 3.75. The number of nitrogens with zero attached hydrogens (tertiary/aromatic N) is 3. The van der Waals surface area contributed by atoms with Crippen molar-refractivity contribution in [3.8, 4) is 11.3 Å². The third kappa shape index (κ3) is 3.93. The standard InChI is InChI=1S/C19H21N3O3S/c23-17(21-8-10-22(11-9-21)18(24)15-6-7-15)13-26-19-20-12-16(25-19)14-4-2-1-3-5-14/h1-5,12,15H,6-11,13H2. The Bertz CT molecular complexity index is 780. The van der Waals surface area contributed by atoms with Crippen LogP contribution in [0.15, 0.2) is 46.2 Å². The van der Waals surface area contributed by atoms with Crippen LogP contribution >= 0.6 is 11.8 Å². The number of piperazine rings is 1. The zero-order valence-corrected chi connectivity index (χ0v) is 15.3. The minimum absolute atomic E-state index is 0.0629. The van der Waals surface area contributed by atoms with Crippen LogP contribution in [0.4, 0.5) is 0 Å². The highest BCUT2D eigenvalue weighted by Crippen LogP contribution is 2.31. The van der Waals surface area contributed by atoms with Gasteiger partial charge in [-0.15, -0.1) is 0 Å². The van der Waals surface area contributed by atoms with Crippen LogP contribution in [0.1, 0.15) is 12.8 Å². The van der Waals surface area contributed by atoms with Crippen molar-refractivity contribution in [2.45, 2.75) is 18.1 Å². The fourth-order valence-electron chi connectivity index (χ4n) is 3.04. The summed E-state index contributed by atoms with van der Waals surface area (Å²) in [7, 11) is 0. The van der Waals surface area contributed by atoms with Crippen LogP contribution in [0.5, 0.6) is 0 Å². The molecular formula is C19H21N3O3S. The number of carbonyl (C=O) groups excluding carboxylic acids is 2. The topological polar surface area (TPSA) is 66.7 Å². The zero-order chi connectivity index (χ0) is 17.9. The minimum atomic E-state index is 0.0629. The Kier molecular flexibility index (Phi) is 4.97. The summed E-state index contributed by atoms with van der Waals surface area (Å²) in [5.74, 6) is 1.57. The van der Waals surface area contributed by atoms with Crippen LogP contribution in [-0.2, 0) is 9.59 Å². The molecule has 0 radical (unpaired) electrons. The predicted molar refractivity (Wildman–Crippen MR) is 98.5 cm³/mol. The molecule has 1 saturated heterocycles. The van der Waals surface area contributed by atoms with E-state index in [9.17, 15) is 9.59 Å². The lowest BCUT2D eigenvalue weighted by Crippen LogP contribution is -2.51. The van der Waals surface area contributed by atoms with Gasteiger partial charge in [-0.2, -0.15) is 0 Å². The molecule has 26 heavy (non-hydrogen) atoms. The maximum Gasteiger partial charge on any atom is 0.256 e. The molecule has 1 aliphatic heterocycles. The number of aromatic nitrogens is 1. The van der Waals surface area contributed by atoms with Crippen molar-refractivity contribution in [2.75, 3.05) is 31.9 Å². The molecule has 2 aliphatic rings. The molecule has 136 valence electrons. The molecule has 1 aromatic heterocycles. The van der Waals surface area contributed by atoms with Crippen LogP contribution in [0.25, 0.3) is 11.3 Å². The molecule has 1 aromatic carbocycles. The minimum Gasteiger partial charge on any atom is -0.431 e. The van der Waals surface area contributed by atoms with Gasteiger partial charge < -0.3 is 14.2 Å². The normalized spacial score (nSPS) is 17.4. The first-order valence-corrected chi connectivity index (χ1v) is 9.90. The molecule has 1 aliphatic carbocycles. The van der Waals surface area contributed by atoms with E-state index in [1.165, 1.54) is 11.8 Å². The number of benzene rings is 1. The van der Waals surface area contributed by atoms with E-state index in [1.807, 2.05) is 40.1 Å². The molecule has 2 fully saturated rings. The highest BCUT2D eigenvalue weighted by molar-refractivity contribution is 7.99. The molecule has 0 unspecified atom stereocenters. The smallest absolute Gasteiger partial charge is 0.256 e. The van der Waals surface area contributed by atoms with E-state index in [0.29, 0.717) is 42.9 Å². The number of hydrogen-bond donors (Lipinski definition) is 0. The van der Waals surface area contributed by atoms with Crippen molar-refractivity contribution >= 4 is 23.6 Å². The zero-order valence-electron chi connectivity index (χ0n) is 14.5. The molecule has 0 N–H and O–H groups in total. The molecule has 2 heterocycles. The lowest BCUT2D eigenvalue weighted by Gasteiger charge is -2.34. The van der Waals surface area contributed by atoms with Crippen molar-refractivity contribution in [3.05, 3.63) is 36.5 Å². The Labute approximate surface area is 156 Å². The Morgan fingerprint density at radius 2 is 1.77 bits per heavy atom. The predicted octanol–water partition coefficient (Wildman–Crippen LogP) is 2.51. The number of carbonyl (C=O) groups is 2. The average Bonchev–Trinajstić information content (AvgIpc) is 3.44. The summed E-state index contributed by atoms with van der Waals surface area (Å²) >= 11 is 1.31. The quantitative estimate of drug-likeness (QED) is 0.756. The Morgan fingerprint density at radius 3 is 2.46 bits per heavy atom. The van der Waals surface area contributed by atoms with Gasteiger partial charge in [-0.1, -0.05) is 42.1 Å². The summed E-state index contributed by atoms with van der Waals surface area (Å²) in [5.41, 5.74) is 0.967. The van der Waals surface area contributed by atoms with Crippen molar-refractivity contribution in [1.29, 1.82) is 0 Å². The lowest BCUT2D eigenvalue weighted by molar-refractivity contribution is -0.139. The molecule has 2 amide bonds. The van der Waals surface area contributed by atoms with E-state index >= 15 is 0 Å². The summed E-state index contributed by atoms with van der Waals surface area (Å²) in [6.45, 7) is 2.50. The Morgan fingerprint density at radius 1 is 1.08 bits per heavy atom. The van der Waals surface area contributed by atoms with Crippen molar-refractivity contribution in [1.82, 2.24) is 14.8 Å². The van der Waals surface area contributed by atoms with E-state index in [0.717, 1.165) is 18.4 Å². The first kappa shape index (κ1) is 17.1. The third-order valence-electron chi connectivity index (χ3n) is 4.73. The second-order valence-corrected chi connectivity index (χ2v) is 7.55. The second-order valence-electron chi connectivity index (χ2n) is 6.63. The van der Waals surface area contributed by atoms with Gasteiger partial charge in [-0.05, 0) is 12.8 Å². The van der Waals surface area contributed by atoms with Gasteiger partial charge >= 0.3 is 0 Å². The lowest BCUT2D eigenvalue weighted by atomic mass is 10.2. The van der Waals surface area contributed by atoms with Gasteiger partial charge in [0.2, 0.25) is 11.8 Å². The fraction of sp³-hybridized carbons (Fsp3) is 0.421. The summed E-state index contributed by atoms with van der Waals surface area (Å²) < 4.78 is 5.72. The highest BCUT2D eigenvalue weighted by atomic mass is 32.2. The molecule has 0 atom stereocenters. The third-order valence-corrected chi connectivity index (χ3v) is 5.56. The number of hydrogen-bond acceptors (Lipinski definition) is 5. The largest absolute Gasteiger partial charge is 0.431 e. The first-order valence-electron chi connectivity index (χ1n) is 8.91. The summed E-state index contributed by atoms with van der Waals surface area (Å²) in [4.78, 5) is 32.4. The van der Waals surface area contributed by atoms with Gasteiger partial charge in [0.15, 0.2) is 5.76 Å². The number of thioether (sulfide) groups is 1. The number of oxazole rings is 1. The van der Waals surface area contributed by atoms with E-state index in [1.54, 1.807) is 6.20 Å². The monoisotopic (exact) mass is 371 g/mol. The summed E-state index contributed by atoms with van der Waals surface area (Å²) in [6, 6.07) is 9.76. The average molecular weight is 371 g/mol. The van der Waals surface area contributed by atoms with E-state index in [2.05, 4.69) is 4.98 Å². The molecule has 1 saturated carbocycles.